The van der Waals surface area contributed by atoms with Crippen LogP contribution in [0.1, 0.15) is 36.9 Å². The Kier molecular flexibility index (Phi) is 13.5. The maximum atomic E-state index is 10.3. The third-order valence-corrected chi connectivity index (χ3v) is 5.56. The fourth-order valence-corrected chi connectivity index (χ4v) is 3.69. The van der Waals surface area contributed by atoms with Gasteiger partial charge in [0.05, 0.1) is 17.5 Å². The number of hydrogen-bond donors (Lipinski definition) is 5. The van der Waals surface area contributed by atoms with E-state index in [0.717, 1.165) is 39.6 Å². The largest absolute Gasteiger partial charge is 0.662 e. The molecule has 2 aromatic heterocycles. The van der Waals surface area contributed by atoms with Crippen molar-refractivity contribution < 1.29 is 36.4 Å². The summed E-state index contributed by atoms with van der Waals surface area (Å²) in [6.07, 6.45) is 6.08. The topological polar surface area (TPSA) is 154 Å². The Bertz CT molecular complexity index is 813. The van der Waals surface area contributed by atoms with Crippen LogP contribution in [0.4, 0.5) is 5.82 Å². The maximum absolute atomic E-state index is 10.3. The molecule has 2 aromatic rings. The van der Waals surface area contributed by atoms with Gasteiger partial charge in [-0.25, -0.2) is 4.98 Å². The number of aliphatic hydroxyl groups excluding tert-OH is 2. The molecule has 182 valence electrons. The summed E-state index contributed by atoms with van der Waals surface area (Å²) < 4.78 is 0. The summed E-state index contributed by atoms with van der Waals surface area (Å²) in [6, 6.07) is 9.28. The number of nitrogens with zero attached hydrogens (tertiary/aromatic N) is 4. The maximum Gasteiger partial charge on any atom is 0.123 e. The van der Waals surface area contributed by atoms with E-state index in [-0.39, 0.29) is 32.9 Å². The average Bonchev–Trinajstić information content (AvgIpc) is 2.83. The summed E-state index contributed by atoms with van der Waals surface area (Å²) in [4.78, 5) is 10.4. The monoisotopic (exact) mass is 627 g/mol. The van der Waals surface area contributed by atoms with Gasteiger partial charge in [-0.15, -0.1) is 13.1 Å². The third-order valence-electron chi connectivity index (χ3n) is 5.56. The van der Waals surface area contributed by atoms with Crippen LogP contribution in [0.3, 0.4) is 0 Å². The van der Waals surface area contributed by atoms with Gasteiger partial charge < -0.3 is 26.4 Å². The number of hydrogen-bond acceptors (Lipinski definition) is 8. The van der Waals surface area contributed by atoms with Crippen molar-refractivity contribution in [2.75, 3.05) is 39.0 Å². The molecule has 0 amide bonds. The van der Waals surface area contributed by atoms with Crippen molar-refractivity contribution >= 4 is 11.5 Å². The summed E-state index contributed by atoms with van der Waals surface area (Å²) >= 11 is 0. The van der Waals surface area contributed by atoms with Crippen molar-refractivity contribution in [3.63, 3.8) is 0 Å². The zero-order valence-corrected chi connectivity index (χ0v) is 22.0. The fourth-order valence-electron chi connectivity index (χ4n) is 3.69. The molecule has 2 fully saturated rings. The minimum atomic E-state index is -1.03. The molecule has 0 saturated carbocycles. The molecule has 33 heavy (non-hydrogen) atoms. The fraction of sp³-hybridized carbons (Fsp3) is 0.522. The molecule has 2 aliphatic rings. The standard InChI is InChI=1S/C11H17N3O.C11H14N3O.CH4O.W/c12-11-7-9(1-4-13-11)8-14-5-2-10(15)3-6-14;12-10(9-3-1-2-6-14-9)11(15)4-7-13-8-5-11;1-2;/h1,4,7,10,15H,2-3,5-6,8H2,(H2,12,13);1-3,6,12,15H,4-5,7-8H2;2H,1H3;/q;-1;;. The van der Waals surface area contributed by atoms with Gasteiger partial charge in [0, 0.05) is 60.2 Å². The number of rotatable bonds is 4. The summed E-state index contributed by atoms with van der Waals surface area (Å²) in [5.74, 6) is 0.574. The van der Waals surface area contributed by atoms with Crippen LogP contribution >= 0.6 is 0 Å². The van der Waals surface area contributed by atoms with Crippen LogP contribution in [0.2, 0.25) is 0 Å². The Labute approximate surface area is 210 Å². The molecule has 2 aliphatic heterocycles. The van der Waals surface area contributed by atoms with Gasteiger partial charge >= 0.3 is 0 Å². The Morgan fingerprint density at radius 3 is 2.39 bits per heavy atom. The first kappa shape index (κ1) is 29.3. The van der Waals surface area contributed by atoms with Crippen LogP contribution < -0.4 is 5.73 Å². The number of nitrogens with one attached hydrogen (secondary N) is 1. The minimum Gasteiger partial charge on any atom is -0.662 e. The van der Waals surface area contributed by atoms with Gasteiger partial charge in [0.25, 0.3) is 0 Å². The molecular formula is C23H35N6O3W-. The molecule has 0 unspecified atom stereocenters. The van der Waals surface area contributed by atoms with Gasteiger partial charge in [0.2, 0.25) is 0 Å². The summed E-state index contributed by atoms with van der Waals surface area (Å²) in [7, 11) is 1.00. The van der Waals surface area contributed by atoms with Crippen LogP contribution in [0.15, 0.2) is 42.7 Å². The zero-order valence-electron chi connectivity index (χ0n) is 19.1. The van der Waals surface area contributed by atoms with Gasteiger partial charge in [-0.1, -0.05) is 6.07 Å². The second kappa shape index (κ2) is 15.2. The van der Waals surface area contributed by atoms with Crippen molar-refractivity contribution in [2.45, 2.75) is 43.9 Å². The number of aliphatic hydroxyl groups is 3. The number of piperidine rings is 2. The van der Waals surface area contributed by atoms with Crippen LogP contribution in [0.5, 0.6) is 0 Å². The molecule has 10 heteroatoms. The molecule has 2 saturated heterocycles. The average molecular weight is 627 g/mol. The van der Waals surface area contributed by atoms with Crippen molar-refractivity contribution in [1.82, 2.24) is 14.9 Å². The molecule has 0 spiro atoms. The summed E-state index contributed by atoms with van der Waals surface area (Å²) in [5, 5.41) is 38.8. The number of nitrogens with two attached hydrogens (primary N) is 1. The van der Waals surface area contributed by atoms with Gasteiger partial charge in [-0.2, -0.15) is 0 Å². The molecule has 0 radical (unpaired) electrons. The van der Waals surface area contributed by atoms with E-state index in [4.69, 9.17) is 16.2 Å². The molecule has 4 rings (SSSR count). The van der Waals surface area contributed by atoms with E-state index >= 15 is 0 Å². The Morgan fingerprint density at radius 1 is 1.15 bits per heavy atom. The van der Waals surface area contributed by atoms with Crippen molar-refractivity contribution in [1.29, 1.82) is 5.41 Å². The van der Waals surface area contributed by atoms with E-state index in [0.29, 0.717) is 37.4 Å². The number of likely N-dealkylation sites (tertiary alicyclic amines) is 1. The van der Waals surface area contributed by atoms with E-state index < -0.39 is 5.60 Å². The first-order chi connectivity index (χ1) is 15.5. The quantitative estimate of drug-likeness (QED) is 0.323. The Balaban J connectivity index is 0.000000299. The molecule has 0 bridgehead atoms. The summed E-state index contributed by atoms with van der Waals surface area (Å²) in [6.45, 7) is 4.09. The molecule has 0 aliphatic carbocycles. The predicted octanol–water partition coefficient (Wildman–Crippen LogP) is 1.57. The second-order valence-corrected chi connectivity index (χ2v) is 7.89. The molecule has 6 N–H and O–H groups in total. The number of pyridine rings is 2. The Morgan fingerprint density at radius 2 is 1.82 bits per heavy atom. The van der Waals surface area contributed by atoms with Gasteiger partial charge in [0.15, 0.2) is 0 Å². The van der Waals surface area contributed by atoms with Crippen molar-refractivity contribution in [3.8, 4) is 0 Å². The summed E-state index contributed by atoms with van der Waals surface area (Å²) in [5.41, 5.74) is 6.56. The first-order valence-electron chi connectivity index (χ1n) is 10.9. The van der Waals surface area contributed by atoms with Crippen LogP contribution in [-0.2, 0) is 27.6 Å². The van der Waals surface area contributed by atoms with Crippen LogP contribution in [0.25, 0.3) is 5.32 Å². The molecule has 0 atom stereocenters. The normalized spacial score (nSPS) is 17.9. The van der Waals surface area contributed by atoms with E-state index in [1.807, 2.05) is 18.2 Å². The van der Waals surface area contributed by atoms with Crippen molar-refractivity contribution in [3.05, 3.63) is 59.3 Å². The van der Waals surface area contributed by atoms with E-state index in [1.165, 1.54) is 5.56 Å². The van der Waals surface area contributed by atoms with Crippen LogP contribution in [0, 0.1) is 5.41 Å². The molecular weight excluding hydrogens is 592 g/mol. The predicted molar refractivity (Wildman–Crippen MR) is 126 cm³/mol. The first-order valence-corrected chi connectivity index (χ1v) is 10.9. The minimum absolute atomic E-state index is 0. The zero-order chi connectivity index (χ0) is 23.4. The van der Waals surface area contributed by atoms with E-state index in [2.05, 4.69) is 20.2 Å². The number of aromatic nitrogens is 2. The van der Waals surface area contributed by atoms with Gasteiger partial charge in [-0.3, -0.25) is 15.3 Å². The third kappa shape index (κ3) is 9.57. The van der Waals surface area contributed by atoms with Gasteiger partial charge in [-0.05, 0) is 55.5 Å². The van der Waals surface area contributed by atoms with Crippen LogP contribution in [-0.4, -0.2) is 80.9 Å². The van der Waals surface area contributed by atoms with E-state index in [1.54, 1.807) is 24.5 Å². The Hall–Kier alpha value is -1.74. The molecule has 4 heterocycles. The smallest absolute Gasteiger partial charge is 0.123 e. The van der Waals surface area contributed by atoms with Gasteiger partial charge in [0.1, 0.15) is 11.4 Å². The molecule has 0 aromatic carbocycles. The second-order valence-electron chi connectivity index (χ2n) is 7.89. The number of nitrogen functional groups attached to an aromatic ring is 1. The molecule has 9 nitrogen and oxygen atoms in total. The van der Waals surface area contributed by atoms with Crippen molar-refractivity contribution in [2.24, 2.45) is 0 Å². The number of anilines is 1. The SMILES string of the molecule is CO.N=C(c1ccccn1)C1(O)CC[N-]CC1.Nc1cc(CN2CCC(O)CC2)ccn1.[W]. The van der Waals surface area contributed by atoms with E-state index in [9.17, 15) is 10.2 Å².